The van der Waals surface area contributed by atoms with Gasteiger partial charge >= 0.3 is 5.97 Å². The summed E-state index contributed by atoms with van der Waals surface area (Å²) in [5.74, 6) is 0.360. The van der Waals surface area contributed by atoms with E-state index in [-0.39, 0.29) is 10.8 Å². The number of rotatable bonds is 3. The van der Waals surface area contributed by atoms with Crippen molar-refractivity contribution < 1.29 is 19.4 Å². The molecule has 0 spiro atoms. The summed E-state index contributed by atoms with van der Waals surface area (Å²) in [5, 5.41) is 14.6. The van der Waals surface area contributed by atoms with Crippen LogP contribution in [0.4, 0.5) is 0 Å². The molecular weight excluding hydrogens is 320 g/mol. The highest BCUT2D eigenvalue weighted by molar-refractivity contribution is 6.32. The van der Waals surface area contributed by atoms with E-state index in [0.29, 0.717) is 17.1 Å². The van der Waals surface area contributed by atoms with Gasteiger partial charge in [-0.25, -0.2) is 4.79 Å². The minimum Gasteiger partial charge on any atom is -0.506 e. The average molecular weight is 333 g/mol. The number of phenols is 1. The monoisotopic (exact) mass is 332 g/mol. The summed E-state index contributed by atoms with van der Waals surface area (Å²) >= 11 is 5.89. The quantitative estimate of drug-likeness (QED) is 0.743. The molecule has 2 aromatic carbocycles. The lowest BCUT2D eigenvalue weighted by Crippen LogP contribution is -2.02. The van der Waals surface area contributed by atoms with Crippen molar-refractivity contribution in [3.8, 4) is 17.2 Å². The number of aromatic hydroxyl groups is 1. The van der Waals surface area contributed by atoms with Gasteiger partial charge in [-0.1, -0.05) is 11.6 Å². The summed E-state index contributed by atoms with van der Waals surface area (Å²) in [6.07, 6.45) is 1.64. The smallest absolute Gasteiger partial charge is 0.338 e. The zero-order valence-electron chi connectivity index (χ0n) is 12.4. The average Bonchev–Trinajstić information content (AvgIpc) is 2.91. The van der Waals surface area contributed by atoms with Crippen LogP contribution in [0.2, 0.25) is 5.02 Å². The first kappa shape index (κ1) is 15.2. The van der Waals surface area contributed by atoms with Crippen LogP contribution in [0.5, 0.6) is 17.2 Å². The van der Waals surface area contributed by atoms with Gasteiger partial charge in [0.15, 0.2) is 5.75 Å². The molecule has 0 aliphatic carbocycles. The second-order valence-electron chi connectivity index (χ2n) is 4.89. The van der Waals surface area contributed by atoms with E-state index < -0.39 is 5.97 Å². The highest BCUT2D eigenvalue weighted by Crippen LogP contribution is 2.34. The van der Waals surface area contributed by atoms with Gasteiger partial charge in [0.2, 0.25) is 0 Å². The zero-order valence-corrected chi connectivity index (χ0v) is 13.2. The summed E-state index contributed by atoms with van der Waals surface area (Å²) in [5.41, 5.74) is 1.08. The molecule has 0 unspecified atom stereocenters. The number of esters is 1. The van der Waals surface area contributed by atoms with E-state index in [0.717, 1.165) is 10.9 Å². The van der Waals surface area contributed by atoms with Crippen LogP contribution >= 0.6 is 11.6 Å². The largest absolute Gasteiger partial charge is 0.506 e. The van der Waals surface area contributed by atoms with Gasteiger partial charge in [-0.05, 0) is 24.3 Å². The summed E-state index contributed by atoms with van der Waals surface area (Å²) in [4.78, 5) is 11.8. The van der Waals surface area contributed by atoms with Crippen LogP contribution in [0, 0.1) is 0 Å². The molecule has 0 fully saturated rings. The third-order valence-corrected chi connectivity index (χ3v) is 3.67. The lowest BCUT2D eigenvalue weighted by atomic mass is 10.1. The lowest BCUT2D eigenvalue weighted by Gasteiger charge is -2.10. The Morgan fingerprint density at radius 2 is 2.09 bits per heavy atom. The van der Waals surface area contributed by atoms with Gasteiger partial charge in [0.1, 0.15) is 17.0 Å². The first-order chi connectivity index (χ1) is 11.0. The molecular formula is C16H13ClN2O4. The lowest BCUT2D eigenvalue weighted by molar-refractivity contribution is 0.0600. The Morgan fingerprint density at radius 1 is 1.30 bits per heavy atom. The first-order valence-corrected chi connectivity index (χ1v) is 7.08. The summed E-state index contributed by atoms with van der Waals surface area (Å²) in [6.45, 7) is 0. The molecule has 1 aromatic heterocycles. The molecule has 1 N–H and O–H groups in total. The summed E-state index contributed by atoms with van der Waals surface area (Å²) in [6, 6.07) is 7.77. The molecule has 0 bridgehead atoms. The predicted molar refractivity (Wildman–Crippen MR) is 85.2 cm³/mol. The Labute approximate surface area is 136 Å². The Kier molecular flexibility index (Phi) is 3.83. The Balaban J connectivity index is 2.12. The van der Waals surface area contributed by atoms with Gasteiger partial charge in [0, 0.05) is 18.5 Å². The van der Waals surface area contributed by atoms with Crippen LogP contribution in [0.25, 0.3) is 10.9 Å². The van der Waals surface area contributed by atoms with Crippen molar-refractivity contribution in [3.05, 3.63) is 47.1 Å². The second-order valence-corrected chi connectivity index (χ2v) is 5.29. The molecule has 6 nitrogen and oxygen atoms in total. The van der Waals surface area contributed by atoms with Gasteiger partial charge < -0.3 is 14.6 Å². The predicted octanol–water partition coefficient (Wildman–Crippen LogP) is 3.51. The molecule has 7 heteroatoms. The van der Waals surface area contributed by atoms with E-state index >= 15 is 0 Å². The molecule has 0 aliphatic rings. The molecule has 0 amide bonds. The van der Waals surface area contributed by atoms with Crippen molar-refractivity contribution in [2.75, 3.05) is 7.11 Å². The van der Waals surface area contributed by atoms with Crippen LogP contribution in [-0.2, 0) is 11.8 Å². The highest BCUT2D eigenvalue weighted by atomic mass is 35.5. The van der Waals surface area contributed by atoms with Gasteiger partial charge in [-0.15, -0.1) is 0 Å². The maximum Gasteiger partial charge on any atom is 0.338 e. The number of methoxy groups -OCH3 is 1. The number of ether oxygens (including phenoxy) is 2. The van der Waals surface area contributed by atoms with Crippen molar-refractivity contribution in [1.29, 1.82) is 0 Å². The number of halogens is 1. The SMILES string of the molecule is COC(=O)c1cc(Oc2ccc(O)c(Cl)c2)c2c(cnn2C)c1. The maximum absolute atomic E-state index is 11.8. The molecule has 1 heterocycles. The van der Waals surface area contributed by atoms with Crippen LogP contribution in [-0.4, -0.2) is 28.0 Å². The third kappa shape index (κ3) is 2.80. The number of phenolic OH excluding ortho intramolecular Hbond substituents is 1. The molecule has 0 saturated heterocycles. The number of aromatic nitrogens is 2. The fraction of sp³-hybridized carbons (Fsp3) is 0.125. The fourth-order valence-electron chi connectivity index (χ4n) is 2.27. The third-order valence-electron chi connectivity index (χ3n) is 3.37. The molecule has 23 heavy (non-hydrogen) atoms. The maximum atomic E-state index is 11.8. The minimum atomic E-state index is -0.468. The molecule has 0 atom stereocenters. The van der Waals surface area contributed by atoms with E-state index in [4.69, 9.17) is 21.1 Å². The van der Waals surface area contributed by atoms with Crippen LogP contribution in [0.15, 0.2) is 36.5 Å². The molecule has 3 aromatic rings. The van der Waals surface area contributed by atoms with Crippen LogP contribution in [0.1, 0.15) is 10.4 Å². The first-order valence-electron chi connectivity index (χ1n) is 6.70. The standard InChI is InChI=1S/C16H13ClN2O4/c1-19-15-10(8-18-19)5-9(16(21)22-2)6-14(15)23-11-3-4-13(20)12(17)7-11/h3-8,20H,1-2H3. The Bertz CT molecular complexity index is 904. The van der Waals surface area contributed by atoms with Crippen LogP contribution < -0.4 is 4.74 Å². The van der Waals surface area contributed by atoms with Gasteiger partial charge in [-0.3, -0.25) is 4.68 Å². The molecule has 0 radical (unpaired) electrons. The summed E-state index contributed by atoms with van der Waals surface area (Å²) < 4.78 is 12.2. The van der Waals surface area contributed by atoms with Crippen molar-refractivity contribution in [3.63, 3.8) is 0 Å². The van der Waals surface area contributed by atoms with Gasteiger partial charge in [0.05, 0.1) is 23.9 Å². The summed E-state index contributed by atoms with van der Waals surface area (Å²) in [7, 11) is 3.09. The molecule has 0 saturated carbocycles. The minimum absolute atomic E-state index is 0.0343. The van der Waals surface area contributed by atoms with E-state index in [9.17, 15) is 9.90 Å². The number of aryl methyl sites for hydroxylation is 1. The van der Waals surface area contributed by atoms with Gasteiger partial charge in [-0.2, -0.15) is 5.10 Å². The number of carbonyl (C=O) groups excluding carboxylic acids is 1. The van der Waals surface area contributed by atoms with E-state index in [1.165, 1.54) is 19.2 Å². The molecule has 0 aliphatic heterocycles. The topological polar surface area (TPSA) is 73.6 Å². The fourth-order valence-corrected chi connectivity index (χ4v) is 2.44. The normalized spacial score (nSPS) is 10.7. The Morgan fingerprint density at radius 3 is 2.78 bits per heavy atom. The number of carbonyl (C=O) groups is 1. The van der Waals surface area contributed by atoms with Gasteiger partial charge in [0.25, 0.3) is 0 Å². The second kappa shape index (κ2) is 5.81. The van der Waals surface area contributed by atoms with E-state index in [1.54, 1.807) is 36.1 Å². The number of hydrogen-bond donors (Lipinski definition) is 1. The number of hydrogen-bond acceptors (Lipinski definition) is 5. The van der Waals surface area contributed by atoms with E-state index in [1.807, 2.05) is 0 Å². The number of fused-ring (bicyclic) bond motifs is 1. The van der Waals surface area contributed by atoms with Crippen molar-refractivity contribution >= 4 is 28.5 Å². The van der Waals surface area contributed by atoms with Crippen molar-refractivity contribution in [2.45, 2.75) is 0 Å². The number of benzene rings is 2. The zero-order chi connectivity index (χ0) is 16.6. The van der Waals surface area contributed by atoms with E-state index in [2.05, 4.69) is 5.10 Å². The van der Waals surface area contributed by atoms with Crippen molar-refractivity contribution in [2.24, 2.45) is 7.05 Å². The Hall–Kier alpha value is -2.73. The molecule has 3 rings (SSSR count). The van der Waals surface area contributed by atoms with Crippen molar-refractivity contribution in [1.82, 2.24) is 9.78 Å². The highest BCUT2D eigenvalue weighted by Gasteiger charge is 2.15. The molecule has 118 valence electrons. The van der Waals surface area contributed by atoms with Crippen LogP contribution in [0.3, 0.4) is 0 Å². The number of nitrogens with zero attached hydrogens (tertiary/aromatic N) is 2.